The van der Waals surface area contributed by atoms with Gasteiger partial charge in [-0.25, -0.2) is 4.68 Å². The van der Waals surface area contributed by atoms with Crippen LogP contribution in [0, 0.1) is 11.3 Å². The summed E-state index contributed by atoms with van der Waals surface area (Å²) >= 11 is 9.89. The molecule has 0 aliphatic rings. The summed E-state index contributed by atoms with van der Waals surface area (Å²) < 4.78 is 46.3. The van der Waals surface area contributed by atoms with Crippen LogP contribution in [-0.4, -0.2) is 28.2 Å². The zero-order chi connectivity index (χ0) is 27.4. The monoisotopic (exact) mass is 649 g/mol. The normalized spacial score (nSPS) is 11.4. The molecular formula is C27H36Cl2F3N3Sn. The first-order valence-electron chi connectivity index (χ1n) is 12.3. The molecule has 2 rings (SSSR count). The number of alkyl halides is 3. The van der Waals surface area contributed by atoms with Gasteiger partial charge in [-0.05, 0) is 12.1 Å². The van der Waals surface area contributed by atoms with Crippen molar-refractivity contribution in [1.82, 2.24) is 9.78 Å². The Morgan fingerprint density at radius 1 is 1.00 bits per heavy atom. The third-order valence-electron chi connectivity index (χ3n) is 6.16. The van der Waals surface area contributed by atoms with Gasteiger partial charge in [0.1, 0.15) is 11.8 Å². The summed E-state index contributed by atoms with van der Waals surface area (Å²) in [5.41, 5.74) is -0.407. The quantitative estimate of drug-likeness (QED) is 0.215. The van der Waals surface area contributed by atoms with E-state index in [0.29, 0.717) is 5.56 Å². The van der Waals surface area contributed by atoms with Crippen molar-refractivity contribution in [3.05, 3.63) is 62.4 Å². The van der Waals surface area contributed by atoms with Crippen molar-refractivity contribution < 1.29 is 13.2 Å². The van der Waals surface area contributed by atoms with Crippen LogP contribution in [0.25, 0.3) is 11.8 Å². The predicted octanol–water partition coefficient (Wildman–Crippen LogP) is 10.3. The van der Waals surface area contributed by atoms with Crippen LogP contribution in [0.4, 0.5) is 13.2 Å². The fourth-order valence-electron chi connectivity index (χ4n) is 3.95. The number of nitrogens with zero attached hydrogens (tertiary/aromatic N) is 3. The van der Waals surface area contributed by atoms with Crippen molar-refractivity contribution in [2.45, 2.75) is 78.8 Å². The molecule has 1 aromatic heterocycles. The van der Waals surface area contributed by atoms with Crippen molar-refractivity contribution in [2.75, 3.05) is 0 Å². The number of rotatable bonds is 12. The van der Waals surface area contributed by atoms with Crippen molar-refractivity contribution in [2.24, 2.45) is 0 Å². The Labute approximate surface area is 227 Å². The average Bonchev–Trinajstić information content (AvgIpc) is 3.26. The Bertz CT molecular complexity index is 997. The Kier molecular flexibility index (Phi) is 14.2. The molecule has 0 N–H and O–H groups in total. The first-order chi connectivity index (χ1) is 17.0. The summed E-state index contributed by atoms with van der Waals surface area (Å²) in [5, 5.41) is 12.4. The van der Waals surface area contributed by atoms with E-state index in [2.05, 4.69) is 43.1 Å². The second kappa shape index (κ2) is 15.7. The van der Waals surface area contributed by atoms with Crippen LogP contribution in [0.3, 0.4) is 0 Å². The zero-order valence-corrected chi connectivity index (χ0v) is 25.8. The molecule has 0 bridgehead atoms. The maximum atomic E-state index is 12.7. The fraction of sp³-hybridized carbons (Fsp3) is 0.481. The molecule has 0 saturated carbocycles. The molecule has 0 radical (unpaired) electrons. The Hall–Kier alpha value is -1.43. The molecule has 0 aliphatic heterocycles. The van der Waals surface area contributed by atoms with Crippen LogP contribution in [0.1, 0.15) is 76.1 Å². The van der Waals surface area contributed by atoms with Gasteiger partial charge in [-0.1, -0.05) is 35.9 Å². The summed E-state index contributed by atoms with van der Waals surface area (Å²) in [6, 6.07) is 3.35. The molecule has 9 heteroatoms. The second-order valence-corrected chi connectivity index (χ2v) is 22.9. The van der Waals surface area contributed by atoms with E-state index in [0.717, 1.165) is 16.8 Å². The third-order valence-corrected chi connectivity index (χ3v) is 20.8. The fourth-order valence-corrected chi connectivity index (χ4v) is 17.6. The molecule has 198 valence electrons. The topological polar surface area (TPSA) is 41.6 Å². The molecule has 1 heterocycles. The van der Waals surface area contributed by atoms with E-state index in [4.69, 9.17) is 28.5 Å². The van der Waals surface area contributed by atoms with Gasteiger partial charge in [0.15, 0.2) is 5.69 Å². The summed E-state index contributed by atoms with van der Waals surface area (Å²) in [7, 11) is 0. The molecule has 0 aliphatic carbocycles. The number of benzene rings is 1. The van der Waals surface area contributed by atoms with Gasteiger partial charge in [-0.3, -0.25) is 0 Å². The van der Waals surface area contributed by atoms with Crippen LogP contribution < -0.4 is 0 Å². The van der Waals surface area contributed by atoms with Gasteiger partial charge in [0.2, 0.25) is 0 Å². The molecule has 0 amide bonds. The van der Waals surface area contributed by atoms with E-state index < -0.39 is 30.1 Å². The molecule has 1 aromatic carbocycles. The van der Waals surface area contributed by atoms with Gasteiger partial charge in [-0.2, -0.15) is 23.5 Å². The van der Waals surface area contributed by atoms with Gasteiger partial charge >= 0.3 is 108 Å². The van der Waals surface area contributed by atoms with E-state index in [1.54, 1.807) is 13.3 Å². The number of nitriles is 1. The van der Waals surface area contributed by atoms with Crippen molar-refractivity contribution in [3.63, 3.8) is 0 Å². The van der Waals surface area contributed by atoms with Crippen LogP contribution in [-0.2, 0) is 6.18 Å². The SMILES string of the molecule is C=Cc1cn(-c2c(Cl)cc(C(F)(F)F)cc2Cl)nc1C#N.C=[CH][Sn]([CH2]CCC)([CH2]CCC)[CH2]CCC. The van der Waals surface area contributed by atoms with E-state index in [-0.39, 0.29) is 21.4 Å². The van der Waals surface area contributed by atoms with Crippen molar-refractivity contribution >= 4 is 47.7 Å². The van der Waals surface area contributed by atoms with Crippen molar-refractivity contribution in [1.29, 1.82) is 5.26 Å². The summed E-state index contributed by atoms with van der Waals surface area (Å²) in [6.45, 7) is 14.7. The second-order valence-electron chi connectivity index (χ2n) is 8.86. The first kappa shape index (κ1) is 32.6. The maximum absolute atomic E-state index is 12.7. The first-order valence-corrected chi connectivity index (χ1v) is 20.8. The third kappa shape index (κ3) is 9.46. The average molecular weight is 649 g/mol. The molecule has 0 fully saturated rings. The Morgan fingerprint density at radius 3 is 1.78 bits per heavy atom. The van der Waals surface area contributed by atoms with Gasteiger partial charge < -0.3 is 0 Å². The van der Waals surface area contributed by atoms with Crippen LogP contribution >= 0.6 is 23.2 Å². The van der Waals surface area contributed by atoms with Gasteiger partial charge in [0.25, 0.3) is 0 Å². The summed E-state index contributed by atoms with van der Waals surface area (Å²) in [4.78, 5) is 0. The molecule has 0 spiro atoms. The van der Waals surface area contributed by atoms with Crippen LogP contribution in [0.15, 0.2) is 35.6 Å². The molecule has 3 nitrogen and oxygen atoms in total. The molecule has 36 heavy (non-hydrogen) atoms. The number of halogens is 5. The predicted molar refractivity (Wildman–Crippen MR) is 148 cm³/mol. The minimum absolute atomic E-state index is 0.0657. The van der Waals surface area contributed by atoms with Gasteiger partial charge in [-0.15, -0.1) is 0 Å². The molecule has 0 unspecified atom stereocenters. The molecular weight excluding hydrogens is 613 g/mol. The Balaban J connectivity index is 0.000000384. The standard InChI is InChI=1S/C13H6Cl2F3N3.3C4H9.C2H3.Sn/c1-2-7-6-21(20-11(7)5-19)12-9(14)3-8(4-10(12)15)13(16,17)18;3*1-3-4-2;1-2;/h2-4,6H,1H2;3*1,3-4H2,2H3;1H,2H2;. The molecule has 2 aromatic rings. The Morgan fingerprint density at radius 2 is 1.47 bits per heavy atom. The molecule has 0 atom stereocenters. The van der Waals surface area contributed by atoms with Crippen molar-refractivity contribution in [3.8, 4) is 11.8 Å². The van der Waals surface area contributed by atoms with E-state index in [1.807, 2.05) is 6.07 Å². The van der Waals surface area contributed by atoms with E-state index in [9.17, 15) is 13.2 Å². The number of aromatic nitrogens is 2. The number of hydrogen-bond donors (Lipinski definition) is 0. The van der Waals surface area contributed by atoms with Crippen LogP contribution in [0.2, 0.25) is 23.4 Å². The number of hydrogen-bond acceptors (Lipinski definition) is 2. The van der Waals surface area contributed by atoms with Gasteiger partial charge in [0.05, 0.1) is 15.6 Å². The summed E-state index contributed by atoms with van der Waals surface area (Å²) in [5.74, 6) is 0. The molecule has 0 saturated heterocycles. The van der Waals surface area contributed by atoms with E-state index in [1.165, 1.54) is 50.8 Å². The zero-order valence-electron chi connectivity index (χ0n) is 21.4. The minimum atomic E-state index is -4.56. The summed E-state index contributed by atoms with van der Waals surface area (Å²) in [6.07, 6.45) is 6.71. The van der Waals surface area contributed by atoms with Crippen LogP contribution in [0.5, 0.6) is 0 Å². The number of unbranched alkanes of at least 4 members (excludes halogenated alkanes) is 3. The van der Waals surface area contributed by atoms with E-state index >= 15 is 0 Å². The van der Waals surface area contributed by atoms with Gasteiger partial charge in [0, 0.05) is 11.8 Å².